The Bertz CT molecular complexity index is 1340. The van der Waals surface area contributed by atoms with Crippen LogP contribution in [0.3, 0.4) is 0 Å². The number of carboxylic acids is 1. The summed E-state index contributed by atoms with van der Waals surface area (Å²) in [7, 11) is 6.49. The zero-order chi connectivity index (χ0) is 28.5. The van der Waals surface area contributed by atoms with E-state index >= 15 is 0 Å². The van der Waals surface area contributed by atoms with Crippen LogP contribution in [0.2, 0.25) is 0 Å². The molecular formula is C28H28N2O9. The van der Waals surface area contributed by atoms with E-state index in [2.05, 4.69) is 5.32 Å². The molecule has 0 aromatic heterocycles. The molecule has 2 atom stereocenters. The van der Waals surface area contributed by atoms with Gasteiger partial charge >= 0.3 is 17.9 Å². The van der Waals surface area contributed by atoms with Crippen molar-refractivity contribution in [2.24, 2.45) is 0 Å². The number of hydrogen-bond donors (Lipinski definition) is 2. The molecule has 0 unspecified atom stereocenters. The highest BCUT2D eigenvalue weighted by Crippen LogP contribution is 2.21. The van der Waals surface area contributed by atoms with E-state index in [0.717, 1.165) is 5.69 Å². The third kappa shape index (κ3) is 7.48. The van der Waals surface area contributed by atoms with Gasteiger partial charge in [0.2, 0.25) is 12.2 Å². The molecule has 11 nitrogen and oxygen atoms in total. The molecule has 3 aromatic rings. The quantitative estimate of drug-likeness (QED) is 0.351. The van der Waals surface area contributed by atoms with Crippen LogP contribution in [0, 0.1) is 0 Å². The molecule has 204 valence electrons. The molecular weight excluding hydrogens is 508 g/mol. The molecule has 1 amide bonds. The molecule has 3 aromatic carbocycles. The van der Waals surface area contributed by atoms with Gasteiger partial charge < -0.3 is 34.3 Å². The number of ether oxygens (including phenoxy) is 4. The standard InChI is InChI=1S/C28H28N2O9/c1-30(2)20-13-11-19(12-14-20)29-25(31)23(38-27(34)17-7-5-9-21(15-17)36-3)24(26(32)33)39-28(35)18-8-6-10-22(16-18)37-4/h5-16,23-24H,1-4H3,(H,29,31)(H,32,33)/t23-,24+/m1/s1. The predicted octanol–water partition coefficient (Wildman–Crippen LogP) is 3.24. The highest BCUT2D eigenvalue weighted by molar-refractivity contribution is 6.01. The van der Waals surface area contributed by atoms with E-state index in [1.807, 2.05) is 19.0 Å². The summed E-state index contributed by atoms with van der Waals surface area (Å²) < 4.78 is 20.7. The first-order valence-electron chi connectivity index (χ1n) is 11.6. The average Bonchev–Trinajstić information content (AvgIpc) is 2.94. The van der Waals surface area contributed by atoms with Crippen molar-refractivity contribution >= 4 is 35.2 Å². The summed E-state index contributed by atoms with van der Waals surface area (Å²) in [6, 6.07) is 18.3. The van der Waals surface area contributed by atoms with Gasteiger partial charge in [-0.2, -0.15) is 0 Å². The van der Waals surface area contributed by atoms with E-state index in [1.54, 1.807) is 36.4 Å². The van der Waals surface area contributed by atoms with Crippen LogP contribution in [-0.2, 0) is 19.1 Å². The number of benzene rings is 3. The maximum absolute atomic E-state index is 13.3. The van der Waals surface area contributed by atoms with Crippen LogP contribution in [0.5, 0.6) is 11.5 Å². The summed E-state index contributed by atoms with van der Waals surface area (Å²) in [4.78, 5) is 53.1. The third-order valence-electron chi connectivity index (χ3n) is 5.51. The topological polar surface area (TPSA) is 141 Å². The van der Waals surface area contributed by atoms with Crippen LogP contribution in [0.1, 0.15) is 20.7 Å². The van der Waals surface area contributed by atoms with E-state index in [-0.39, 0.29) is 11.1 Å². The largest absolute Gasteiger partial charge is 0.497 e. The highest BCUT2D eigenvalue weighted by atomic mass is 16.6. The summed E-state index contributed by atoms with van der Waals surface area (Å²) in [6.07, 6.45) is -4.23. The summed E-state index contributed by atoms with van der Waals surface area (Å²) in [6.45, 7) is 0. The van der Waals surface area contributed by atoms with Gasteiger partial charge in [0, 0.05) is 25.5 Å². The van der Waals surface area contributed by atoms with E-state index in [0.29, 0.717) is 17.2 Å². The van der Waals surface area contributed by atoms with Gasteiger partial charge in [-0.25, -0.2) is 14.4 Å². The van der Waals surface area contributed by atoms with Crippen molar-refractivity contribution in [3.05, 3.63) is 83.9 Å². The number of methoxy groups -OCH3 is 2. The van der Waals surface area contributed by atoms with Crippen LogP contribution in [-0.4, -0.2) is 69.4 Å². The van der Waals surface area contributed by atoms with Crippen molar-refractivity contribution in [1.29, 1.82) is 0 Å². The Morgan fingerprint density at radius 2 is 1.23 bits per heavy atom. The fraction of sp³-hybridized carbons (Fsp3) is 0.214. The molecule has 0 aliphatic carbocycles. The van der Waals surface area contributed by atoms with Crippen LogP contribution in [0.25, 0.3) is 0 Å². The summed E-state index contributed by atoms with van der Waals surface area (Å²) in [5.74, 6) is -4.14. The fourth-order valence-electron chi connectivity index (χ4n) is 3.42. The van der Waals surface area contributed by atoms with Gasteiger partial charge in [0.25, 0.3) is 5.91 Å². The molecule has 39 heavy (non-hydrogen) atoms. The van der Waals surface area contributed by atoms with Gasteiger partial charge in [-0.05, 0) is 60.7 Å². The van der Waals surface area contributed by atoms with Crippen LogP contribution in [0.15, 0.2) is 72.8 Å². The van der Waals surface area contributed by atoms with Gasteiger partial charge in [-0.3, -0.25) is 4.79 Å². The number of amides is 1. The van der Waals surface area contributed by atoms with Gasteiger partial charge in [0.15, 0.2) is 0 Å². The van der Waals surface area contributed by atoms with Gasteiger partial charge in [0.05, 0.1) is 25.3 Å². The molecule has 0 aliphatic rings. The second-order valence-corrected chi connectivity index (χ2v) is 8.38. The van der Waals surface area contributed by atoms with E-state index in [9.17, 15) is 24.3 Å². The van der Waals surface area contributed by atoms with Gasteiger partial charge in [-0.1, -0.05) is 12.1 Å². The van der Waals surface area contributed by atoms with Crippen molar-refractivity contribution < 1.29 is 43.2 Å². The summed E-state index contributed by atoms with van der Waals surface area (Å²) >= 11 is 0. The molecule has 0 spiro atoms. The van der Waals surface area contributed by atoms with Crippen LogP contribution in [0.4, 0.5) is 11.4 Å². The predicted molar refractivity (Wildman–Crippen MR) is 141 cm³/mol. The molecule has 2 N–H and O–H groups in total. The van der Waals surface area contributed by atoms with Crippen molar-refractivity contribution in [3.63, 3.8) is 0 Å². The number of nitrogens with zero attached hydrogens (tertiary/aromatic N) is 1. The number of hydrogen-bond acceptors (Lipinski definition) is 9. The Kier molecular flexibility index (Phi) is 9.47. The lowest BCUT2D eigenvalue weighted by Gasteiger charge is -2.24. The SMILES string of the molecule is COc1cccc(C(=O)O[C@H](C(=O)O)[C@@H](OC(=O)c2cccc(OC)c2)C(=O)Nc2ccc(N(C)C)cc2)c1. The van der Waals surface area contributed by atoms with Crippen LogP contribution >= 0.6 is 0 Å². The highest BCUT2D eigenvalue weighted by Gasteiger charge is 2.41. The molecule has 11 heteroatoms. The lowest BCUT2D eigenvalue weighted by Crippen LogP contribution is -2.48. The van der Waals surface area contributed by atoms with Gasteiger partial charge in [0.1, 0.15) is 11.5 Å². The number of aliphatic carboxylic acids is 1. The Hall–Kier alpha value is -5.06. The third-order valence-corrected chi connectivity index (χ3v) is 5.51. The first kappa shape index (κ1) is 28.5. The first-order valence-corrected chi connectivity index (χ1v) is 11.6. The Labute approximate surface area is 224 Å². The fourth-order valence-corrected chi connectivity index (χ4v) is 3.42. The molecule has 0 bridgehead atoms. The van der Waals surface area contributed by atoms with Crippen molar-refractivity contribution in [2.45, 2.75) is 12.2 Å². The molecule has 0 saturated heterocycles. The maximum Gasteiger partial charge on any atom is 0.349 e. The maximum atomic E-state index is 13.3. The van der Waals surface area contributed by atoms with E-state index in [4.69, 9.17) is 18.9 Å². The number of carbonyl (C=O) groups is 4. The molecule has 0 aliphatic heterocycles. The number of carboxylic acid groups (broad SMARTS) is 1. The van der Waals surface area contributed by atoms with Crippen molar-refractivity contribution in [1.82, 2.24) is 0 Å². The first-order chi connectivity index (χ1) is 18.6. The number of carbonyl (C=O) groups excluding carboxylic acids is 3. The number of anilines is 2. The average molecular weight is 537 g/mol. The zero-order valence-corrected chi connectivity index (χ0v) is 21.7. The number of nitrogens with one attached hydrogen (secondary N) is 1. The minimum atomic E-state index is -2.18. The lowest BCUT2D eigenvalue weighted by atomic mass is 10.1. The Morgan fingerprint density at radius 3 is 1.67 bits per heavy atom. The molecule has 0 saturated carbocycles. The van der Waals surface area contributed by atoms with E-state index in [1.165, 1.54) is 50.6 Å². The van der Waals surface area contributed by atoms with Crippen molar-refractivity contribution in [3.8, 4) is 11.5 Å². The second-order valence-electron chi connectivity index (χ2n) is 8.38. The lowest BCUT2D eigenvalue weighted by molar-refractivity contribution is -0.157. The Balaban J connectivity index is 1.92. The van der Waals surface area contributed by atoms with Crippen molar-refractivity contribution in [2.75, 3.05) is 38.5 Å². The Morgan fingerprint density at radius 1 is 0.744 bits per heavy atom. The molecule has 0 radical (unpaired) electrons. The second kappa shape index (κ2) is 13.0. The monoisotopic (exact) mass is 536 g/mol. The smallest absolute Gasteiger partial charge is 0.349 e. The summed E-state index contributed by atoms with van der Waals surface area (Å²) in [5, 5.41) is 12.4. The minimum Gasteiger partial charge on any atom is -0.497 e. The summed E-state index contributed by atoms with van der Waals surface area (Å²) in [5.41, 5.74) is 1.12. The molecule has 0 heterocycles. The number of rotatable bonds is 11. The molecule has 0 fully saturated rings. The minimum absolute atomic E-state index is 0.00857. The zero-order valence-electron chi connectivity index (χ0n) is 21.7. The number of esters is 2. The van der Waals surface area contributed by atoms with Crippen LogP contribution < -0.4 is 19.7 Å². The van der Waals surface area contributed by atoms with Gasteiger partial charge in [-0.15, -0.1) is 0 Å². The normalized spacial score (nSPS) is 11.9. The van der Waals surface area contributed by atoms with E-state index < -0.39 is 36.0 Å². The molecule has 3 rings (SSSR count).